The van der Waals surface area contributed by atoms with Gasteiger partial charge in [-0.3, -0.25) is 29.0 Å². The summed E-state index contributed by atoms with van der Waals surface area (Å²) in [6, 6.07) is 14.8. The van der Waals surface area contributed by atoms with E-state index in [-0.39, 0.29) is 47.3 Å². The standard InChI is InChI=1S/C28H24N2O4/c1-13-3-7-15(8-4-13)29-25(31)21-17-11-12-18(22(21)26(29)32)20-19(17)23-24(20)28(34)30(27(23)33)16-9-5-14(2)6-10-16/h3-12,17-24H,1-2H3/t17-,18-,19-,20-,21+,22+,23-,24-/m1/s1. The summed E-state index contributed by atoms with van der Waals surface area (Å²) in [5.41, 5.74) is 3.32. The number of hydrogen-bond acceptors (Lipinski definition) is 4. The van der Waals surface area contributed by atoms with Crippen LogP contribution in [0.15, 0.2) is 60.7 Å². The molecule has 0 spiro atoms. The number of carbonyl (C=O) groups is 4. The number of carbonyl (C=O) groups excluding carboxylic acids is 4. The van der Waals surface area contributed by atoms with Crippen LogP contribution >= 0.6 is 0 Å². The number of benzene rings is 2. The Balaban J connectivity index is 1.25. The highest BCUT2D eigenvalue weighted by atomic mass is 16.2. The fourth-order valence-electron chi connectivity index (χ4n) is 7.50. The van der Waals surface area contributed by atoms with Gasteiger partial charge in [-0.05, 0) is 61.8 Å². The van der Waals surface area contributed by atoms with E-state index < -0.39 is 23.7 Å². The first-order chi connectivity index (χ1) is 16.4. The fraction of sp³-hybridized carbons (Fsp3) is 0.357. The summed E-state index contributed by atoms with van der Waals surface area (Å²) >= 11 is 0. The van der Waals surface area contributed by atoms with E-state index in [1.54, 1.807) is 0 Å². The SMILES string of the molecule is Cc1ccc(N2C(=O)[C@H]3[C@@H]4C=C[C@@H]([C@@H]3C2=O)[C@H]2[C@H]3C(=O)N(c5ccc(C)cc5)C(=O)[C@@H]3[C@H]42)cc1. The second-order valence-electron chi connectivity index (χ2n) is 10.5. The average molecular weight is 453 g/mol. The molecule has 6 aliphatic rings. The van der Waals surface area contributed by atoms with Crippen molar-refractivity contribution < 1.29 is 19.2 Å². The molecule has 2 heterocycles. The summed E-state index contributed by atoms with van der Waals surface area (Å²) in [4.78, 5) is 56.7. The van der Waals surface area contributed by atoms with Crippen LogP contribution in [0.4, 0.5) is 11.4 Å². The molecule has 4 fully saturated rings. The van der Waals surface area contributed by atoms with Gasteiger partial charge in [0.05, 0.1) is 35.0 Å². The summed E-state index contributed by atoms with van der Waals surface area (Å²) in [5.74, 6) is -2.92. The van der Waals surface area contributed by atoms with Crippen molar-refractivity contribution in [3.63, 3.8) is 0 Å². The summed E-state index contributed by atoms with van der Waals surface area (Å²) in [6.07, 6.45) is 4.08. The molecule has 170 valence electrons. The third-order valence-corrected chi connectivity index (χ3v) is 8.93. The molecule has 2 aliphatic heterocycles. The Morgan fingerprint density at radius 1 is 0.500 bits per heavy atom. The monoisotopic (exact) mass is 452 g/mol. The Morgan fingerprint density at radius 2 is 0.824 bits per heavy atom. The van der Waals surface area contributed by atoms with Gasteiger partial charge in [-0.2, -0.15) is 0 Å². The number of aryl methyl sites for hydroxylation is 2. The van der Waals surface area contributed by atoms with Crippen molar-refractivity contribution >= 4 is 35.0 Å². The number of nitrogens with zero attached hydrogens (tertiary/aromatic N) is 2. The fourth-order valence-corrected chi connectivity index (χ4v) is 7.50. The second kappa shape index (κ2) is 6.53. The molecule has 8 atom stereocenters. The van der Waals surface area contributed by atoms with E-state index in [2.05, 4.69) is 0 Å². The average Bonchev–Trinajstić information content (AvgIpc) is 3.19. The largest absolute Gasteiger partial charge is 0.274 e. The van der Waals surface area contributed by atoms with Gasteiger partial charge in [-0.1, -0.05) is 47.5 Å². The van der Waals surface area contributed by atoms with Gasteiger partial charge < -0.3 is 0 Å². The van der Waals surface area contributed by atoms with Gasteiger partial charge in [0.15, 0.2) is 0 Å². The Kier molecular flexibility index (Phi) is 3.82. The number of anilines is 2. The first-order valence-corrected chi connectivity index (χ1v) is 12.0. The zero-order valence-electron chi connectivity index (χ0n) is 18.9. The van der Waals surface area contributed by atoms with Crippen molar-refractivity contribution in [1.82, 2.24) is 0 Å². The number of rotatable bonds is 2. The maximum Gasteiger partial charge on any atom is 0.238 e. The maximum atomic E-state index is 13.6. The maximum absolute atomic E-state index is 13.6. The van der Waals surface area contributed by atoms with Crippen LogP contribution in [0, 0.1) is 61.2 Å². The zero-order chi connectivity index (χ0) is 23.5. The molecule has 6 heteroatoms. The highest BCUT2D eigenvalue weighted by Crippen LogP contribution is 2.68. The highest BCUT2D eigenvalue weighted by Gasteiger charge is 2.75. The number of imide groups is 2. The van der Waals surface area contributed by atoms with Gasteiger partial charge >= 0.3 is 0 Å². The summed E-state index contributed by atoms with van der Waals surface area (Å²) in [7, 11) is 0. The van der Waals surface area contributed by atoms with Gasteiger partial charge in [-0.25, -0.2) is 0 Å². The number of hydrogen-bond donors (Lipinski definition) is 0. The third-order valence-electron chi connectivity index (χ3n) is 8.93. The lowest BCUT2D eigenvalue weighted by atomic mass is 9.40. The Labute approximate surface area is 197 Å². The molecule has 0 unspecified atom stereocenters. The summed E-state index contributed by atoms with van der Waals surface area (Å²) < 4.78 is 0. The van der Waals surface area contributed by atoms with Crippen LogP contribution in [-0.4, -0.2) is 23.6 Å². The summed E-state index contributed by atoms with van der Waals surface area (Å²) in [6.45, 7) is 3.93. The molecule has 2 aromatic rings. The lowest BCUT2D eigenvalue weighted by Gasteiger charge is -2.60. The van der Waals surface area contributed by atoms with Gasteiger partial charge in [0.2, 0.25) is 23.6 Å². The van der Waals surface area contributed by atoms with Crippen LogP contribution in [-0.2, 0) is 19.2 Å². The highest BCUT2D eigenvalue weighted by molar-refractivity contribution is 6.25. The molecule has 2 bridgehead atoms. The van der Waals surface area contributed by atoms with Crippen LogP contribution < -0.4 is 9.80 Å². The molecular weight excluding hydrogens is 428 g/mol. The molecular formula is C28H24N2O4. The van der Waals surface area contributed by atoms with Crippen molar-refractivity contribution in [3.05, 3.63) is 71.8 Å². The quantitative estimate of drug-likeness (QED) is 0.518. The second-order valence-corrected chi connectivity index (χ2v) is 10.5. The molecule has 2 saturated heterocycles. The van der Waals surface area contributed by atoms with Crippen LogP contribution in [0.5, 0.6) is 0 Å². The van der Waals surface area contributed by atoms with Gasteiger partial charge in [0.1, 0.15) is 0 Å². The van der Waals surface area contributed by atoms with E-state index in [4.69, 9.17) is 0 Å². The predicted molar refractivity (Wildman–Crippen MR) is 124 cm³/mol. The molecule has 2 saturated carbocycles. The minimum Gasteiger partial charge on any atom is -0.274 e. The van der Waals surface area contributed by atoms with E-state index in [9.17, 15) is 19.2 Å². The topological polar surface area (TPSA) is 74.8 Å². The lowest BCUT2D eigenvalue weighted by molar-refractivity contribution is -0.166. The molecule has 0 radical (unpaired) electrons. The van der Waals surface area contributed by atoms with E-state index in [1.165, 1.54) is 9.80 Å². The Bertz CT molecular complexity index is 1250. The van der Waals surface area contributed by atoms with Crippen LogP contribution in [0.2, 0.25) is 0 Å². The minimum absolute atomic E-state index is 0.0668. The summed E-state index contributed by atoms with van der Waals surface area (Å²) in [5, 5.41) is 0. The molecule has 0 aromatic heterocycles. The molecule has 8 rings (SSSR count). The molecule has 2 aromatic carbocycles. The van der Waals surface area contributed by atoms with Crippen molar-refractivity contribution in [2.75, 3.05) is 9.80 Å². The van der Waals surface area contributed by atoms with E-state index >= 15 is 0 Å². The Hall–Kier alpha value is -3.54. The smallest absolute Gasteiger partial charge is 0.238 e. The zero-order valence-corrected chi connectivity index (χ0v) is 18.9. The number of fused-ring (bicyclic) bond motifs is 1. The molecule has 6 nitrogen and oxygen atoms in total. The van der Waals surface area contributed by atoms with Crippen molar-refractivity contribution in [2.45, 2.75) is 13.8 Å². The number of amides is 4. The van der Waals surface area contributed by atoms with Gasteiger partial charge in [0, 0.05) is 0 Å². The predicted octanol–water partition coefficient (Wildman–Crippen LogP) is 3.28. The number of allylic oxidation sites excluding steroid dienone is 2. The van der Waals surface area contributed by atoms with Gasteiger partial charge in [-0.15, -0.1) is 0 Å². The van der Waals surface area contributed by atoms with E-state index in [0.29, 0.717) is 11.4 Å². The van der Waals surface area contributed by atoms with Crippen molar-refractivity contribution in [1.29, 1.82) is 0 Å². The first kappa shape index (κ1) is 19.9. The Morgan fingerprint density at radius 3 is 1.18 bits per heavy atom. The van der Waals surface area contributed by atoms with E-state index in [0.717, 1.165) is 11.1 Å². The van der Waals surface area contributed by atoms with E-state index in [1.807, 2.05) is 74.5 Å². The molecule has 0 N–H and O–H groups in total. The third kappa shape index (κ3) is 2.26. The first-order valence-electron chi connectivity index (χ1n) is 12.0. The van der Waals surface area contributed by atoms with Crippen molar-refractivity contribution in [2.24, 2.45) is 47.3 Å². The molecule has 34 heavy (non-hydrogen) atoms. The van der Waals surface area contributed by atoms with Gasteiger partial charge in [0.25, 0.3) is 0 Å². The minimum atomic E-state index is -0.456. The van der Waals surface area contributed by atoms with Crippen LogP contribution in [0.25, 0.3) is 0 Å². The van der Waals surface area contributed by atoms with Crippen LogP contribution in [0.1, 0.15) is 11.1 Å². The normalized spacial score (nSPS) is 37.1. The molecule has 4 amide bonds. The van der Waals surface area contributed by atoms with Crippen LogP contribution in [0.3, 0.4) is 0 Å². The van der Waals surface area contributed by atoms with Crippen molar-refractivity contribution in [3.8, 4) is 0 Å². The molecule has 4 aliphatic carbocycles. The lowest BCUT2D eigenvalue weighted by Crippen LogP contribution is -2.63.